The number of nitrogens with one attached hydrogen (secondary N) is 1. The Hall–Kier alpha value is -3.81. The van der Waals surface area contributed by atoms with Crippen LogP contribution in [0, 0.1) is 6.92 Å². The van der Waals surface area contributed by atoms with E-state index in [9.17, 15) is 14.2 Å². The van der Waals surface area contributed by atoms with E-state index in [1.807, 2.05) is 43.3 Å². The van der Waals surface area contributed by atoms with Crippen LogP contribution >= 0.6 is 23.5 Å². The van der Waals surface area contributed by atoms with Gasteiger partial charge in [0.05, 0.1) is 19.5 Å². The highest BCUT2D eigenvalue weighted by Gasteiger charge is 2.28. The standard InChI is InChI=1S/C26H25BrN5O8P/c1-16-5-7-18(8-6-16)22-20(39-26(34)40-22)13-38-41(35,37-12-17-3-2-4-19(27)11-17)15-36-10-9-32-14-29-21-23(32)30-25(28)31-24(21)33/h2-8,11,14H,9-10,12-13,15H2,1H3,(H3,28,30,31,33). The van der Waals surface area contributed by atoms with Gasteiger partial charge >= 0.3 is 13.4 Å². The average molecular weight is 646 g/mol. The molecular weight excluding hydrogens is 621 g/mol. The smallest absolute Gasteiger partial charge is 0.393 e. The molecule has 1 atom stereocenters. The lowest BCUT2D eigenvalue weighted by Crippen LogP contribution is -2.13. The van der Waals surface area contributed by atoms with Gasteiger partial charge in [-0.2, -0.15) is 4.98 Å². The van der Waals surface area contributed by atoms with Gasteiger partial charge in [-0.25, -0.2) is 9.78 Å². The van der Waals surface area contributed by atoms with Crippen LogP contribution in [0.2, 0.25) is 0 Å². The van der Waals surface area contributed by atoms with Gasteiger partial charge < -0.3 is 28.4 Å². The maximum atomic E-state index is 13.8. The minimum atomic E-state index is -3.90. The lowest BCUT2D eigenvalue weighted by molar-refractivity contribution is 0.114. The highest BCUT2D eigenvalue weighted by molar-refractivity contribution is 9.10. The number of aromatic nitrogens is 4. The second-order valence-electron chi connectivity index (χ2n) is 8.96. The zero-order valence-electron chi connectivity index (χ0n) is 21.7. The maximum absolute atomic E-state index is 13.8. The van der Waals surface area contributed by atoms with E-state index in [1.165, 1.54) is 6.33 Å². The predicted molar refractivity (Wildman–Crippen MR) is 152 cm³/mol. The summed E-state index contributed by atoms with van der Waals surface area (Å²) in [6, 6.07) is 14.6. The number of aromatic amines is 1. The number of nitrogens with zero attached hydrogens (tertiary/aromatic N) is 3. The molecule has 0 saturated heterocycles. The van der Waals surface area contributed by atoms with Gasteiger partial charge in [0.25, 0.3) is 5.56 Å². The third kappa shape index (κ3) is 7.10. The Morgan fingerprint density at radius 3 is 2.66 bits per heavy atom. The molecule has 214 valence electrons. The molecule has 0 saturated carbocycles. The Morgan fingerprint density at radius 2 is 1.88 bits per heavy atom. The van der Waals surface area contributed by atoms with E-state index in [0.717, 1.165) is 15.6 Å². The van der Waals surface area contributed by atoms with Gasteiger partial charge in [0, 0.05) is 16.6 Å². The van der Waals surface area contributed by atoms with Gasteiger partial charge in [0.1, 0.15) is 13.0 Å². The first-order chi connectivity index (χ1) is 19.7. The van der Waals surface area contributed by atoms with Gasteiger partial charge in [0.2, 0.25) is 5.95 Å². The normalized spacial score (nSPS) is 13.0. The number of ether oxygens (including phenoxy) is 1. The molecule has 0 aliphatic rings. The fourth-order valence-corrected chi connectivity index (χ4v) is 5.55. The van der Waals surface area contributed by atoms with Crippen molar-refractivity contribution >= 4 is 40.6 Å². The zero-order chi connectivity index (χ0) is 29.0. The summed E-state index contributed by atoms with van der Waals surface area (Å²) < 4.78 is 43.7. The van der Waals surface area contributed by atoms with Crippen molar-refractivity contribution in [3.05, 3.63) is 97.2 Å². The number of nitrogens with two attached hydrogens (primary N) is 1. The largest absolute Gasteiger partial charge is 0.519 e. The van der Waals surface area contributed by atoms with Crippen molar-refractivity contribution in [1.82, 2.24) is 19.5 Å². The number of H-pyrrole nitrogens is 1. The number of benzene rings is 2. The molecule has 0 radical (unpaired) electrons. The highest BCUT2D eigenvalue weighted by Crippen LogP contribution is 2.50. The Kier molecular flexibility index (Phi) is 8.66. The van der Waals surface area contributed by atoms with Crippen LogP contribution in [-0.4, -0.2) is 32.5 Å². The van der Waals surface area contributed by atoms with E-state index in [4.69, 9.17) is 28.4 Å². The topological polar surface area (TPSA) is 178 Å². The van der Waals surface area contributed by atoms with Gasteiger partial charge in [-0.15, -0.1) is 0 Å². The molecule has 0 bridgehead atoms. The van der Waals surface area contributed by atoms with Crippen molar-refractivity contribution in [3.8, 4) is 11.3 Å². The summed E-state index contributed by atoms with van der Waals surface area (Å²) in [5.41, 5.74) is 7.99. The molecule has 13 nitrogen and oxygen atoms in total. The summed E-state index contributed by atoms with van der Waals surface area (Å²) in [7, 11) is -3.90. The van der Waals surface area contributed by atoms with Gasteiger partial charge in [-0.3, -0.25) is 18.9 Å². The van der Waals surface area contributed by atoms with Gasteiger partial charge in [0.15, 0.2) is 22.7 Å². The van der Waals surface area contributed by atoms with Crippen LogP contribution in [0.1, 0.15) is 16.9 Å². The van der Waals surface area contributed by atoms with Gasteiger partial charge in [-0.05, 0) is 24.6 Å². The lowest BCUT2D eigenvalue weighted by atomic mass is 10.1. The summed E-state index contributed by atoms with van der Waals surface area (Å²) in [5.74, 6) is -0.729. The van der Waals surface area contributed by atoms with Crippen LogP contribution in [-0.2, 0) is 38.1 Å². The SMILES string of the molecule is Cc1ccc(-c2oc(=O)oc2COP(=O)(COCCn2cnc3c(=O)[nH]c(N)nc32)OCc2cccc(Br)c2)cc1. The Morgan fingerprint density at radius 1 is 1.10 bits per heavy atom. The summed E-state index contributed by atoms with van der Waals surface area (Å²) in [5, 5.41) is 0. The number of imidazole rings is 1. The number of anilines is 1. The summed E-state index contributed by atoms with van der Waals surface area (Å²) in [4.78, 5) is 34.5. The average Bonchev–Trinajstić information content (AvgIpc) is 3.52. The molecule has 1 unspecified atom stereocenters. The molecule has 15 heteroatoms. The molecule has 3 aromatic heterocycles. The van der Waals surface area contributed by atoms with Crippen LogP contribution in [0.15, 0.2) is 77.8 Å². The first kappa shape index (κ1) is 28.7. The van der Waals surface area contributed by atoms with Crippen LogP contribution in [0.3, 0.4) is 0 Å². The number of aryl methyl sites for hydroxylation is 1. The lowest BCUT2D eigenvalue weighted by Gasteiger charge is -2.18. The fraction of sp³-hybridized carbons (Fsp3) is 0.231. The van der Waals surface area contributed by atoms with Crippen LogP contribution < -0.4 is 17.1 Å². The molecule has 5 aromatic rings. The molecule has 0 fully saturated rings. The number of hydrogen-bond donors (Lipinski definition) is 2. The van der Waals surface area contributed by atoms with E-state index < -0.39 is 25.3 Å². The second kappa shape index (κ2) is 12.4. The molecule has 41 heavy (non-hydrogen) atoms. The predicted octanol–water partition coefficient (Wildman–Crippen LogP) is 4.59. The minimum Gasteiger partial charge on any atom is -0.393 e. The second-order valence-corrected chi connectivity index (χ2v) is 11.9. The highest BCUT2D eigenvalue weighted by atomic mass is 79.9. The summed E-state index contributed by atoms with van der Waals surface area (Å²) >= 11 is 3.40. The Balaban J connectivity index is 1.29. The molecule has 3 heterocycles. The number of rotatable bonds is 12. The quantitative estimate of drug-likeness (QED) is 0.143. The van der Waals surface area contributed by atoms with E-state index in [-0.39, 0.29) is 49.4 Å². The maximum Gasteiger partial charge on any atom is 0.519 e. The zero-order valence-corrected chi connectivity index (χ0v) is 24.2. The van der Waals surface area contributed by atoms with E-state index in [1.54, 1.807) is 16.7 Å². The first-order valence-corrected chi connectivity index (χ1v) is 14.8. The number of nitrogen functional groups attached to an aromatic ring is 1. The number of hydrogen-bond acceptors (Lipinski definition) is 11. The number of fused-ring (bicyclic) bond motifs is 1. The van der Waals surface area contributed by atoms with Crippen molar-refractivity contribution in [2.24, 2.45) is 0 Å². The first-order valence-electron chi connectivity index (χ1n) is 12.3. The Labute approximate surface area is 240 Å². The molecule has 0 amide bonds. The van der Waals surface area contributed by atoms with Crippen molar-refractivity contribution in [2.75, 3.05) is 18.7 Å². The van der Waals surface area contributed by atoms with Crippen molar-refractivity contribution in [1.29, 1.82) is 0 Å². The van der Waals surface area contributed by atoms with Crippen LogP contribution in [0.4, 0.5) is 5.95 Å². The van der Waals surface area contributed by atoms with Crippen LogP contribution in [0.5, 0.6) is 0 Å². The molecule has 0 spiro atoms. The molecular formula is C26H25BrN5O8P. The summed E-state index contributed by atoms with van der Waals surface area (Å²) in [6.07, 6.45) is 1.02. The number of halogens is 1. The van der Waals surface area contributed by atoms with Gasteiger partial charge in [-0.1, -0.05) is 57.9 Å². The van der Waals surface area contributed by atoms with E-state index >= 15 is 0 Å². The van der Waals surface area contributed by atoms with Crippen LogP contribution in [0.25, 0.3) is 22.5 Å². The fourth-order valence-electron chi connectivity index (χ4n) is 3.87. The molecule has 2 aromatic carbocycles. The molecule has 3 N–H and O–H groups in total. The Bertz CT molecular complexity index is 1830. The molecule has 0 aliphatic carbocycles. The molecule has 5 rings (SSSR count). The monoisotopic (exact) mass is 645 g/mol. The summed E-state index contributed by atoms with van der Waals surface area (Å²) in [6.45, 7) is 1.82. The van der Waals surface area contributed by atoms with E-state index in [0.29, 0.717) is 11.2 Å². The third-order valence-electron chi connectivity index (χ3n) is 5.89. The van der Waals surface area contributed by atoms with E-state index in [2.05, 4.69) is 30.9 Å². The minimum absolute atomic E-state index is 0.0294. The molecule has 0 aliphatic heterocycles. The third-order valence-corrected chi connectivity index (χ3v) is 7.92. The van der Waals surface area contributed by atoms with Crippen molar-refractivity contribution in [3.63, 3.8) is 0 Å². The van der Waals surface area contributed by atoms with Crippen molar-refractivity contribution < 1.29 is 27.2 Å². The van der Waals surface area contributed by atoms with Crippen molar-refractivity contribution in [2.45, 2.75) is 26.7 Å².